The Bertz CT molecular complexity index is 585. The fourth-order valence-corrected chi connectivity index (χ4v) is 1.63. The van der Waals surface area contributed by atoms with Crippen molar-refractivity contribution in [2.45, 2.75) is 13.0 Å². The second-order valence-electron chi connectivity index (χ2n) is 4.43. The molecule has 0 saturated carbocycles. The number of carbonyl (C=O) groups is 2. The minimum atomic E-state index is -1.03. The van der Waals surface area contributed by atoms with Crippen LogP contribution in [0.15, 0.2) is 29.8 Å². The van der Waals surface area contributed by atoms with Crippen LogP contribution in [-0.2, 0) is 9.53 Å². The van der Waals surface area contributed by atoms with Crippen LogP contribution in [0, 0.1) is 11.3 Å². The Labute approximate surface area is 122 Å². The minimum absolute atomic E-state index is 0.0546. The molecule has 0 saturated heterocycles. The van der Waals surface area contributed by atoms with Gasteiger partial charge in [-0.3, -0.25) is 4.79 Å². The molecule has 0 aliphatic carbocycles. The third-order valence-electron chi connectivity index (χ3n) is 2.63. The number of amides is 1. The molecule has 1 atom stereocenters. The highest BCUT2D eigenvalue weighted by Crippen LogP contribution is 2.09. The molecule has 6 nitrogen and oxygen atoms in total. The Morgan fingerprint density at radius 3 is 2.52 bits per heavy atom. The standard InChI is InChI=1S/C15H16N2O4/c1-10(9-21-2)17-14(18)13(8-16)7-11-3-5-12(6-4-11)15(19)20/h3-7,10H,9H2,1-2H3,(H,17,18)(H,19,20)/b13-7-/t10-/m0/s1. The van der Waals surface area contributed by atoms with E-state index in [1.54, 1.807) is 6.92 Å². The molecule has 2 N–H and O–H groups in total. The second-order valence-corrected chi connectivity index (χ2v) is 4.43. The van der Waals surface area contributed by atoms with E-state index in [0.717, 1.165) is 0 Å². The predicted octanol–water partition coefficient (Wildman–Crippen LogP) is 1.44. The highest BCUT2D eigenvalue weighted by atomic mass is 16.5. The van der Waals surface area contributed by atoms with Crippen LogP contribution in [-0.4, -0.2) is 36.7 Å². The van der Waals surface area contributed by atoms with E-state index in [2.05, 4.69) is 5.32 Å². The van der Waals surface area contributed by atoms with Crippen molar-refractivity contribution in [2.24, 2.45) is 0 Å². The topological polar surface area (TPSA) is 99.4 Å². The van der Waals surface area contributed by atoms with Crippen molar-refractivity contribution >= 4 is 18.0 Å². The monoisotopic (exact) mass is 288 g/mol. The van der Waals surface area contributed by atoms with Crippen LogP contribution in [0.4, 0.5) is 0 Å². The molecule has 0 heterocycles. The molecular weight excluding hydrogens is 272 g/mol. The number of ether oxygens (including phenoxy) is 1. The molecule has 0 aromatic heterocycles. The Kier molecular flexibility index (Phi) is 6.11. The number of carboxylic acid groups (broad SMARTS) is 1. The summed E-state index contributed by atoms with van der Waals surface area (Å²) in [7, 11) is 1.52. The molecule has 1 amide bonds. The highest BCUT2D eigenvalue weighted by Gasteiger charge is 2.12. The predicted molar refractivity (Wildman–Crippen MR) is 76.5 cm³/mol. The first kappa shape index (κ1) is 16.4. The summed E-state index contributed by atoms with van der Waals surface area (Å²) in [6, 6.07) is 7.50. The van der Waals surface area contributed by atoms with Gasteiger partial charge in [0.2, 0.25) is 0 Å². The van der Waals surface area contributed by atoms with Crippen LogP contribution in [0.2, 0.25) is 0 Å². The number of nitrogens with one attached hydrogen (secondary N) is 1. The Morgan fingerprint density at radius 1 is 1.43 bits per heavy atom. The molecule has 0 bridgehead atoms. The van der Waals surface area contributed by atoms with E-state index in [1.165, 1.54) is 37.5 Å². The summed E-state index contributed by atoms with van der Waals surface area (Å²) in [5, 5.41) is 20.5. The van der Waals surface area contributed by atoms with Gasteiger partial charge in [-0.2, -0.15) is 5.26 Å². The summed E-state index contributed by atoms with van der Waals surface area (Å²) >= 11 is 0. The van der Waals surface area contributed by atoms with Crippen LogP contribution < -0.4 is 5.32 Å². The van der Waals surface area contributed by atoms with Crippen LogP contribution in [0.1, 0.15) is 22.8 Å². The highest BCUT2D eigenvalue weighted by molar-refractivity contribution is 6.01. The molecule has 0 fully saturated rings. The summed E-state index contributed by atoms with van der Waals surface area (Å²) in [5.41, 5.74) is 0.663. The van der Waals surface area contributed by atoms with E-state index in [-0.39, 0.29) is 17.2 Å². The smallest absolute Gasteiger partial charge is 0.335 e. The van der Waals surface area contributed by atoms with Gasteiger partial charge in [-0.1, -0.05) is 12.1 Å². The van der Waals surface area contributed by atoms with Gasteiger partial charge in [0.15, 0.2) is 0 Å². The lowest BCUT2D eigenvalue weighted by molar-refractivity contribution is -0.117. The van der Waals surface area contributed by atoms with Gasteiger partial charge >= 0.3 is 5.97 Å². The normalized spacial score (nSPS) is 12.3. The van der Waals surface area contributed by atoms with Gasteiger partial charge in [0.05, 0.1) is 12.2 Å². The molecule has 6 heteroatoms. The number of rotatable bonds is 6. The zero-order valence-corrected chi connectivity index (χ0v) is 11.8. The van der Waals surface area contributed by atoms with Gasteiger partial charge in [-0.05, 0) is 30.7 Å². The molecule has 0 aliphatic rings. The molecule has 21 heavy (non-hydrogen) atoms. The summed E-state index contributed by atoms with van der Waals surface area (Å²) in [6.45, 7) is 2.11. The third-order valence-corrected chi connectivity index (χ3v) is 2.63. The zero-order valence-electron chi connectivity index (χ0n) is 11.8. The number of nitrogens with zero attached hydrogens (tertiary/aromatic N) is 1. The maximum atomic E-state index is 11.9. The summed E-state index contributed by atoms with van der Waals surface area (Å²) in [5.74, 6) is -1.53. The molecule has 0 radical (unpaired) electrons. The summed E-state index contributed by atoms with van der Waals surface area (Å²) in [6.07, 6.45) is 1.40. The SMILES string of the molecule is COC[C@H](C)NC(=O)/C(C#N)=C\c1ccc(C(=O)O)cc1. The number of hydrogen-bond donors (Lipinski definition) is 2. The summed E-state index contributed by atoms with van der Waals surface area (Å²) < 4.78 is 4.90. The van der Waals surface area contributed by atoms with E-state index in [1.807, 2.05) is 6.07 Å². The van der Waals surface area contributed by atoms with E-state index in [4.69, 9.17) is 15.1 Å². The Hall–Kier alpha value is -2.65. The lowest BCUT2D eigenvalue weighted by atomic mass is 10.1. The number of methoxy groups -OCH3 is 1. The number of carbonyl (C=O) groups excluding carboxylic acids is 1. The lowest BCUT2D eigenvalue weighted by Gasteiger charge is -2.11. The van der Waals surface area contributed by atoms with Crippen molar-refractivity contribution in [3.8, 4) is 6.07 Å². The molecule has 1 aromatic carbocycles. The van der Waals surface area contributed by atoms with Crippen LogP contribution in [0.5, 0.6) is 0 Å². The number of carboxylic acids is 1. The number of nitriles is 1. The van der Waals surface area contributed by atoms with Crippen LogP contribution >= 0.6 is 0 Å². The van der Waals surface area contributed by atoms with Gasteiger partial charge < -0.3 is 15.2 Å². The first-order valence-corrected chi connectivity index (χ1v) is 6.23. The average molecular weight is 288 g/mol. The van der Waals surface area contributed by atoms with E-state index < -0.39 is 11.9 Å². The van der Waals surface area contributed by atoms with Crippen molar-refractivity contribution in [3.05, 3.63) is 41.0 Å². The molecule has 0 spiro atoms. The van der Waals surface area contributed by atoms with Gasteiger partial charge in [0.25, 0.3) is 5.91 Å². The van der Waals surface area contributed by atoms with Crippen molar-refractivity contribution in [1.82, 2.24) is 5.32 Å². The van der Waals surface area contributed by atoms with Gasteiger partial charge in [0, 0.05) is 13.2 Å². The lowest BCUT2D eigenvalue weighted by Crippen LogP contribution is -2.36. The molecule has 1 aromatic rings. The Balaban J connectivity index is 2.86. The summed E-state index contributed by atoms with van der Waals surface area (Å²) in [4.78, 5) is 22.6. The van der Waals surface area contributed by atoms with Crippen molar-refractivity contribution in [3.63, 3.8) is 0 Å². The maximum Gasteiger partial charge on any atom is 0.335 e. The van der Waals surface area contributed by atoms with Crippen molar-refractivity contribution in [2.75, 3.05) is 13.7 Å². The van der Waals surface area contributed by atoms with Gasteiger partial charge in [0.1, 0.15) is 11.6 Å². The van der Waals surface area contributed by atoms with Gasteiger partial charge in [-0.15, -0.1) is 0 Å². The van der Waals surface area contributed by atoms with E-state index >= 15 is 0 Å². The van der Waals surface area contributed by atoms with Crippen molar-refractivity contribution < 1.29 is 19.4 Å². The molecule has 0 unspecified atom stereocenters. The first-order valence-electron chi connectivity index (χ1n) is 6.23. The van der Waals surface area contributed by atoms with E-state index in [9.17, 15) is 9.59 Å². The third kappa shape index (κ3) is 5.09. The van der Waals surface area contributed by atoms with Gasteiger partial charge in [-0.25, -0.2) is 4.79 Å². The molecule has 0 aliphatic heterocycles. The first-order chi connectivity index (χ1) is 9.97. The zero-order chi connectivity index (χ0) is 15.8. The Morgan fingerprint density at radius 2 is 2.05 bits per heavy atom. The second kappa shape index (κ2) is 7.82. The average Bonchev–Trinajstić information content (AvgIpc) is 2.45. The fourth-order valence-electron chi connectivity index (χ4n) is 1.63. The van der Waals surface area contributed by atoms with Crippen molar-refractivity contribution in [1.29, 1.82) is 5.26 Å². The maximum absolute atomic E-state index is 11.9. The van der Waals surface area contributed by atoms with Crippen LogP contribution in [0.25, 0.3) is 6.08 Å². The van der Waals surface area contributed by atoms with E-state index in [0.29, 0.717) is 12.2 Å². The fraction of sp³-hybridized carbons (Fsp3) is 0.267. The quantitative estimate of drug-likeness (QED) is 0.609. The molecule has 110 valence electrons. The van der Waals surface area contributed by atoms with Crippen LogP contribution in [0.3, 0.4) is 0 Å². The number of aromatic carboxylic acids is 1. The largest absolute Gasteiger partial charge is 0.478 e. The minimum Gasteiger partial charge on any atom is -0.478 e. The number of benzene rings is 1. The molecular formula is C15H16N2O4. The number of hydrogen-bond acceptors (Lipinski definition) is 4. The molecule has 1 rings (SSSR count).